The van der Waals surface area contributed by atoms with Gasteiger partial charge in [-0.15, -0.1) is 0 Å². The van der Waals surface area contributed by atoms with Crippen molar-refractivity contribution < 1.29 is 9.59 Å². The SMILES string of the molecule is CNc1nc(Nc2cccc(CN3CCC(C(=O)N(C)C)CC3)c2)nc2c1ncn2C(=O)NC1CCC1. The van der Waals surface area contributed by atoms with Gasteiger partial charge in [-0.3, -0.25) is 9.69 Å². The number of aromatic nitrogens is 4. The number of fused-ring (bicyclic) bond motifs is 1. The Balaban J connectivity index is 1.28. The van der Waals surface area contributed by atoms with Gasteiger partial charge >= 0.3 is 6.03 Å². The van der Waals surface area contributed by atoms with Crippen LogP contribution in [0, 0.1) is 5.92 Å². The normalized spacial score (nSPS) is 16.8. The minimum Gasteiger partial charge on any atom is -0.371 e. The molecule has 0 bridgehead atoms. The number of benzene rings is 1. The highest BCUT2D eigenvalue weighted by Crippen LogP contribution is 2.25. The first-order chi connectivity index (χ1) is 17.9. The van der Waals surface area contributed by atoms with E-state index in [1.165, 1.54) is 16.5 Å². The number of rotatable bonds is 7. The zero-order chi connectivity index (χ0) is 25.9. The number of piperidine rings is 1. The highest BCUT2D eigenvalue weighted by atomic mass is 16.2. The monoisotopic (exact) mass is 505 g/mol. The van der Waals surface area contributed by atoms with Crippen molar-refractivity contribution in [2.24, 2.45) is 5.92 Å². The number of carbonyl (C=O) groups excluding carboxylic acids is 2. The second-order valence-corrected chi connectivity index (χ2v) is 10.1. The third-order valence-corrected chi connectivity index (χ3v) is 7.25. The van der Waals surface area contributed by atoms with Crippen LogP contribution in [0.2, 0.25) is 0 Å². The number of likely N-dealkylation sites (tertiary alicyclic amines) is 1. The first kappa shape index (κ1) is 24.9. The second kappa shape index (κ2) is 10.7. The van der Waals surface area contributed by atoms with Crippen LogP contribution in [0.25, 0.3) is 11.2 Å². The summed E-state index contributed by atoms with van der Waals surface area (Å²) in [7, 11) is 5.42. The lowest BCUT2D eigenvalue weighted by molar-refractivity contribution is -0.134. The smallest absolute Gasteiger partial charge is 0.328 e. The molecule has 1 saturated carbocycles. The van der Waals surface area contributed by atoms with Crippen LogP contribution in [-0.2, 0) is 11.3 Å². The van der Waals surface area contributed by atoms with Crippen molar-refractivity contribution in [1.29, 1.82) is 0 Å². The maximum atomic E-state index is 12.8. The molecule has 3 N–H and O–H groups in total. The predicted octanol–water partition coefficient (Wildman–Crippen LogP) is 3.02. The summed E-state index contributed by atoms with van der Waals surface area (Å²) < 4.78 is 1.45. The van der Waals surface area contributed by atoms with E-state index in [1.54, 1.807) is 11.9 Å². The van der Waals surface area contributed by atoms with Crippen molar-refractivity contribution in [3.05, 3.63) is 36.2 Å². The Kier molecular flexibility index (Phi) is 7.22. The molecule has 1 aromatic carbocycles. The minimum atomic E-state index is -0.225. The number of imidazole rings is 1. The predicted molar refractivity (Wildman–Crippen MR) is 143 cm³/mol. The molecule has 0 radical (unpaired) electrons. The van der Waals surface area contributed by atoms with Crippen LogP contribution in [-0.4, -0.2) is 81.5 Å². The molecule has 0 atom stereocenters. The summed E-state index contributed by atoms with van der Waals surface area (Å²) in [5.41, 5.74) is 3.02. The van der Waals surface area contributed by atoms with Gasteiger partial charge in [0.2, 0.25) is 11.9 Å². The average molecular weight is 506 g/mol. The van der Waals surface area contributed by atoms with Gasteiger partial charge in [0.1, 0.15) is 6.33 Å². The number of hydrogen-bond acceptors (Lipinski definition) is 8. The van der Waals surface area contributed by atoms with Gasteiger partial charge in [-0.2, -0.15) is 9.97 Å². The van der Waals surface area contributed by atoms with E-state index >= 15 is 0 Å². The molecule has 11 nitrogen and oxygen atoms in total. The molecule has 2 amide bonds. The molecule has 1 saturated heterocycles. The highest BCUT2D eigenvalue weighted by molar-refractivity contribution is 5.92. The molecule has 1 aliphatic heterocycles. The van der Waals surface area contributed by atoms with E-state index in [0.29, 0.717) is 22.9 Å². The second-order valence-electron chi connectivity index (χ2n) is 10.1. The van der Waals surface area contributed by atoms with Crippen molar-refractivity contribution in [1.82, 2.24) is 34.6 Å². The van der Waals surface area contributed by atoms with Crippen LogP contribution in [0.3, 0.4) is 0 Å². The molecule has 5 rings (SSSR count). The molecule has 2 fully saturated rings. The summed E-state index contributed by atoms with van der Waals surface area (Å²) in [6, 6.07) is 8.16. The van der Waals surface area contributed by atoms with Gasteiger partial charge in [0.05, 0.1) is 0 Å². The summed E-state index contributed by atoms with van der Waals surface area (Å²) >= 11 is 0. The van der Waals surface area contributed by atoms with Gasteiger partial charge in [-0.05, 0) is 62.9 Å². The zero-order valence-corrected chi connectivity index (χ0v) is 21.7. The quantitative estimate of drug-likeness (QED) is 0.448. The van der Waals surface area contributed by atoms with E-state index < -0.39 is 0 Å². The van der Waals surface area contributed by atoms with E-state index in [0.717, 1.165) is 57.4 Å². The number of nitrogens with zero attached hydrogens (tertiary/aromatic N) is 6. The lowest BCUT2D eigenvalue weighted by Gasteiger charge is -2.32. The molecule has 3 heterocycles. The topological polar surface area (TPSA) is 120 Å². The maximum absolute atomic E-state index is 12.8. The van der Waals surface area contributed by atoms with Crippen LogP contribution >= 0.6 is 0 Å². The van der Waals surface area contributed by atoms with E-state index in [-0.39, 0.29) is 23.9 Å². The molecule has 2 aromatic heterocycles. The van der Waals surface area contributed by atoms with E-state index in [9.17, 15) is 9.59 Å². The molecule has 0 spiro atoms. The van der Waals surface area contributed by atoms with E-state index in [1.807, 2.05) is 26.2 Å². The van der Waals surface area contributed by atoms with Crippen LogP contribution in [0.4, 0.5) is 22.2 Å². The fourth-order valence-electron chi connectivity index (χ4n) is 4.91. The molecule has 1 aliphatic carbocycles. The Bertz CT molecular complexity index is 1280. The third kappa shape index (κ3) is 5.51. The summed E-state index contributed by atoms with van der Waals surface area (Å²) in [6.07, 6.45) is 6.42. The van der Waals surface area contributed by atoms with E-state index in [4.69, 9.17) is 0 Å². The number of anilines is 3. The Morgan fingerprint density at radius 2 is 1.89 bits per heavy atom. The van der Waals surface area contributed by atoms with Crippen LogP contribution in [0.5, 0.6) is 0 Å². The Morgan fingerprint density at radius 1 is 1.11 bits per heavy atom. The molecule has 0 unspecified atom stereocenters. The molecule has 196 valence electrons. The van der Waals surface area contributed by atoms with Gasteiger partial charge < -0.3 is 20.9 Å². The lowest BCUT2D eigenvalue weighted by atomic mass is 9.93. The lowest BCUT2D eigenvalue weighted by Crippen LogP contribution is -2.41. The van der Waals surface area contributed by atoms with Gasteiger partial charge in [-0.25, -0.2) is 14.3 Å². The average Bonchev–Trinajstić information content (AvgIpc) is 3.30. The molecule has 11 heteroatoms. The standard InChI is InChI=1S/C26H35N9O2/c1-27-22-21-23(35(16-28-21)26(37)30-19-7-5-8-19)32-25(31-22)29-20-9-4-6-17(14-20)15-34-12-10-18(11-13-34)24(36)33(2)3/h4,6,9,14,16,18-19H,5,7-8,10-13,15H2,1-3H3,(H,30,37)(H2,27,29,31,32). The number of nitrogens with one attached hydrogen (secondary N) is 3. The van der Waals surface area contributed by atoms with Gasteiger partial charge in [0.15, 0.2) is 17.0 Å². The number of carbonyl (C=O) groups is 2. The number of hydrogen-bond donors (Lipinski definition) is 3. The molecule has 37 heavy (non-hydrogen) atoms. The van der Waals surface area contributed by atoms with Gasteiger partial charge in [0.25, 0.3) is 0 Å². The summed E-state index contributed by atoms with van der Waals surface area (Å²) in [6.45, 7) is 2.62. The first-order valence-corrected chi connectivity index (χ1v) is 12.9. The van der Waals surface area contributed by atoms with Crippen LogP contribution in [0.1, 0.15) is 37.7 Å². The molecule has 3 aromatic rings. The van der Waals surface area contributed by atoms with Crippen molar-refractivity contribution in [2.75, 3.05) is 44.9 Å². The van der Waals surface area contributed by atoms with Crippen LogP contribution in [0.15, 0.2) is 30.6 Å². The number of amides is 2. The summed E-state index contributed by atoms with van der Waals surface area (Å²) in [4.78, 5) is 42.7. The summed E-state index contributed by atoms with van der Waals surface area (Å²) in [5.74, 6) is 1.28. The summed E-state index contributed by atoms with van der Waals surface area (Å²) in [5, 5.41) is 9.40. The van der Waals surface area contributed by atoms with E-state index in [2.05, 4.69) is 47.9 Å². The van der Waals surface area contributed by atoms with Crippen molar-refractivity contribution in [2.45, 2.75) is 44.7 Å². The fourth-order valence-corrected chi connectivity index (χ4v) is 4.91. The highest BCUT2D eigenvalue weighted by Gasteiger charge is 2.26. The van der Waals surface area contributed by atoms with Crippen molar-refractivity contribution in [3.8, 4) is 0 Å². The largest absolute Gasteiger partial charge is 0.371 e. The first-order valence-electron chi connectivity index (χ1n) is 12.9. The minimum absolute atomic E-state index is 0.122. The fraction of sp³-hybridized carbons (Fsp3) is 0.500. The third-order valence-electron chi connectivity index (χ3n) is 7.25. The van der Waals surface area contributed by atoms with Crippen molar-refractivity contribution >= 4 is 40.6 Å². The Morgan fingerprint density at radius 3 is 2.57 bits per heavy atom. The Labute approximate surface area is 216 Å². The zero-order valence-electron chi connectivity index (χ0n) is 21.7. The van der Waals surface area contributed by atoms with Gasteiger partial charge in [-0.1, -0.05) is 12.1 Å². The van der Waals surface area contributed by atoms with Gasteiger partial charge in [0, 0.05) is 45.3 Å². The maximum Gasteiger partial charge on any atom is 0.328 e. The molecule has 2 aliphatic rings. The molecular formula is C26H35N9O2. The Hall–Kier alpha value is -3.73. The molecular weight excluding hydrogens is 470 g/mol. The van der Waals surface area contributed by atoms with Crippen LogP contribution < -0.4 is 16.0 Å². The van der Waals surface area contributed by atoms with Crippen molar-refractivity contribution in [3.63, 3.8) is 0 Å².